The fourth-order valence-corrected chi connectivity index (χ4v) is 2.60. The summed E-state index contributed by atoms with van der Waals surface area (Å²) in [6.07, 6.45) is 4.92. The highest BCUT2D eigenvalue weighted by atomic mass is 19.1. The predicted octanol–water partition coefficient (Wildman–Crippen LogP) is 3.62. The SMILES string of the molecule is COc1ccc(CN2C(=O)C(F)=CCC2c2ccoc2)cc1. The minimum Gasteiger partial charge on any atom is -0.497 e. The van der Waals surface area contributed by atoms with Crippen LogP contribution in [0.3, 0.4) is 0 Å². The Labute approximate surface area is 127 Å². The summed E-state index contributed by atoms with van der Waals surface area (Å²) < 4.78 is 23.9. The van der Waals surface area contributed by atoms with Crippen LogP contribution in [0.25, 0.3) is 0 Å². The number of carbonyl (C=O) groups excluding carboxylic acids is 1. The smallest absolute Gasteiger partial charge is 0.283 e. The number of hydrogen-bond donors (Lipinski definition) is 0. The lowest BCUT2D eigenvalue weighted by Gasteiger charge is -2.33. The average Bonchev–Trinajstić information content (AvgIpc) is 3.07. The zero-order valence-corrected chi connectivity index (χ0v) is 12.2. The van der Waals surface area contributed by atoms with E-state index in [2.05, 4.69) is 0 Å². The number of nitrogens with zero attached hydrogens (tertiary/aromatic N) is 1. The molecule has 0 saturated heterocycles. The maximum atomic E-state index is 13.7. The van der Waals surface area contributed by atoms with Gasteiger partial charge >= 0.3 is 0 Å². The molecule has 114 valence electrons. The lowest BCUT2D eigenvalue weighted by Crippen LogP contribution is -2.37. The van der Waals surface area contributed by atoms with E-state index in [1.807, 2.05) is 24.3 Å². The van der Waals surface area contributed by atoms with Crippen LogP contribution in [-0.4, -0.2) is 17.9 Å². The van der Waals surface area contributed by atoms with Gasteiger partial charge < -0.3 is 14.1 Å². The van der Waals surface area contributed by atoms with Gasteiger partial charge in [0.05, 0.1) is 25.7 Å². The lowest BCUT2D eigenvalue weighted by atomic mass is 10.00. The normalized spacial score (nSPS) is 18.3. The molecule has 0 radical (unpaired) electrons. The fraction of sp³-hybridized carbons (Fsp3) is 0.235. The highest BCUT2D eigenvalue weighted by Crippen LogP contribution is 2.33. The van der Waals surface area contributed by atoms with Crippen LogP contribution in [0, 0.1) is 0 Å². The van der Waals surface area contributed by atoms with E-state index in [0.717, 1.165) is 16.9 Å². The Morgan fingerprint density at radius 1 is 1.32 bits per heavy atom. The summed E-state index contributed by atoms with van der Waals surface area (Å²) in [6, 6.07) is 8.97. The minimum absolute atomic E-state index is 0.215. The monoisotopic (exact) mass is 301 g/mol. The molecule has 0 N–H and O–H groups in total. The van der Waals surface area contributed by atoms with Crippen LogP contribution in [0.2, 0.25) is 0 Å². The number of carbonyl (C=O) groups is 1. The van der Waals surface area contributed by atoms with Gasteiger partial charge in [-0.3, -0.25) is 4.79 Å². The third-order valence-corrected chi connectivity index (χ3v) is 3.80. The largest absolute Gasteiger partial charge is 0.497 e. The van der Waals surface area contributed by atoms with Crippen LogP contribution in [0.4, 0.5) is 4.39 Å². The zero-order chi connectivity index (χ0) is 15.5. The Hall–Kier alpha value is -2.56. The molecule has 1 aromatic carbocycles. The van der Waals surface area contributed by atoms with Crippen LogP contribution in [0.1, 0.15) is 23.6 Å². The third-order valence-electron chi connectivity index (χ3n) is 3.80. The van der Waals surface area contributed by atoms with Crippen molar-refractivity contribution >= 4 is 5.91 Å². The van der Waals surface area contributed by atoms with E-state index in [9.17, 15) is 9.18 Å². The lowest BCUT2D eigenvalue weighted by molar-refractivity contribution is -0.132. The molecule has 0 aliphatic carbocycles. The molecule has 1 amide bonds. The molecule has 3 rings (SSSR count). The summed E-state index contributed by atoms with van der Waals surface area (Å²) in [5, 5.41) is 0. The highest BCUT2D eigenvalue weighted by Gasteiger charge is 2.31. The molecule has 1 aliphatic rings. The second kappa shape index (κ2) is 6.05. The number of benzene rings is 1. The molecular weight excluding hydrogens is 285 g/mol. The molecule has 1 aromatic heterocycles. The molecule has 4 nitrogen and oxygen atoms in total. The standard InChI is InChI=1S/C17H16FNO3/c1-21-14-4-2-12(3-5-14)10-19-16(13-8-9-22-11-13)7-6-15(18)17(19)20/h2-6,8-9,11,16H,7,10H2,1H3. The van der Waals surface area contributed by atoms with E-state index in [4.69, 9.17) is 9.15 Å². The van der Waals surface area contributed by atoms with E-state index < -0.39 is 11.7 Å². The van der Waals surface area contributed by atoms with Gasteiger partial charge in [-0.25, -0.2) is 4.39 Å². The van der Waals surface area contributed by atoms with Crippen molar-refractivity contribution in [3.8, 4) is 5.75 Å². The van der Waals surface area contributed by atoms with E-state index in [-0.39, 0.29) is 6.04 Å². The maximum absolute atomic E-state index is 13.7. The topological polar surface area (TPSA) is 42.7 Å². The van der Waals surface area contributed by atoms with Crippen molar-refractivity contribution < 1.29 is 18.3 Å². The van der Waals surface area contributed by atoms with E-state index in [1.54, 1.807) is 25.7 Å². The van der Waals surface area contributed by atoms with Gasteiger partial charge in [0.1, 0.15) is 5.75 Å². The first-order valence-electron chi connectivity index (χ1n) is 7.00. The van der Waals surface area contributed by atoms with Crippen LogP contribution in [0.15, 0.2) is 59.2 Å². The number of hydrogen-bond acceptors (Lipinski definition) is 3. The van der Waals surface area contributed by atoms with Gasteiger partial charge in [0, 0.05) is 12.1 Å². The van der Waals surface area contributed by atoms with Crippen molar-refractivity contribution in [1.29, 1.82) is 0 Å². The van der Waals surface area contributed by atoms with Crippen molar-refractivity contribution in [2.45, 2.75) is 19.0 Å². The summed E-state index contributed by atoms with van der Waals surface area (Å²) >= 11 is 0. The van der Waals surface area contributed by atoms with Crippen LogP contribution in [0.5, 0.6) is 5.75 Å². The first-order chi connectivity index (χ1) is 10.7. The van der Waals surface area contributed by atoms with Crippen LogP contribution < -0.4 is 4.74 Å². The Morgan fingerprint density at radius 2 is 2.09 bits per heavy atom. The maximum Gasteiger partial charge on any atom is 0.283 e. The van der Waals surface area contributed by atoms with Crippen molar-refractivity contribution in [3.05, 3.63) is 65.9 Å². The summed E-state index contributed by atoms with van der Waals surface area (Å²) in [5.41, 5.74) is 1.78. The predicted molar refractivity (Wildman–Crippen MR) is 78.8 cm³/mol. The first kappa shape index (κ1) is 14.4. The summed E-state index contributed by atoms with van der Waals surface area (Å²) in [5.74, 6) is -0.548. The molecule has 0 bridgehead atoms. The number of rotatable bonds is 4. The van der Waals surface area contributed by atoms with Gasteiger partial charge in [-0.1, -0.05) is 12.1 Å². The summed E-state index contributed by atoms with van der Waals surface area (Å²) in [4.78, 5) is 13.7. The number of ether oxygens (including phenoxy) is 1. The number of furan rings is 1. The highest BCUT2D eigenvalue weighted by molar-refractivity contribution is 5.92. The fourth-order valence-electron chi connectivity index (χ4n) is 2.60. The molecule has 1 aliphatic heterocycles. The molecule has 0 saturated carbocycles. The van der Waals surface area contributed by atoms with Crippen molar-refractivity contribution in [3.63, 3.8) is 0 Å². The third kappa shape index (κ3) is 2.74. The van der Waals surface area contributed by atoms with Gasteiger partial charge in [-0.05, 0) is 36.3 Å². The Morgan fingerprint density at radius 3 is 2.73 bits per heavy atom. The second-order valence-electron chi connectivity index (χ2n) is 5.14. The van der Waals surface area contributed by atoms with Crippen molar-refractivity contribution in [2.24, 2.45) is 0 Å². The Kier molecular flexibility index (Phi) is 3.96. The molecule has 2 heterocycles. The average molecular weight is 301 g/mol. The molecule has 22 heavy (non-hydrogen) atoms. The first-order valence-corrected chi connectivity index (χ1v) is 7.00. The second-order valence-corrected chi connectivity index (χ2v) is 5.14. The van der Waals surface area contributed by atoms with Gasteiger partial charge in [-0.2, -0.15) is 0 Å². The minimum atomic E-state index is -0.701. The summed E-state index contributed by atoms with van der Waals surface area (Å²) in [6.45, 7) is 0.333. The van der Waals surface area contributed by atoms with Gasteiger partial charge in [-0.15, -0.1) is 0 Å². The molecule has 1 atom stereocenters. The number of amides is 1. The number of halogens is 1. The van der Waals surface area contributed by atoms with E-state index in [1.165, 1.54) is 11.0 Å². The Bertz CT molecular complexity index is 676. The van der Waals surface area contributed by atoms with Gasteiger partial charge in [0.15, 0.2) is 5.83 Å². The summed E-state index contributed by atoms with van der Waals surface area (Å²) in [7, 11) is 1.60. The zero-order valence-electron chi connectivity index (χ0n) is 12.2. The molecule has 0 fully saturated rings. The molecule has 1 unspecified atom stereocenters. The number of methoxy groups -OCH3 is 1. The Balaban J connectivity index is 1.86. The van der Waals surface area contributed by atoms with Gasteiger partial charge in [0.2, 0.25) is 0 Å². The molecule has 0 spiro atoms. The quantitative estimate of drug-likeness (QED) is 0.866. The molecular formula is C17H16FNO3. The van der Waals surface area contributed by atoms with Crippen LogP contribution >= 0.6 is 0 Å². The van der Waals surface area contributed by atoms with E-state index >= 15 is 0 Å². The van der Waals surface area contributed by atoms with E-state index in [0.29, 0.717) is 13.0 Å². The van der Waals surface area contributed by atoms with Crippen molar-refractivity contribution in [1.82, 2.24) is 4.90 Å². The van der Waals surface area contributed by atoms with Crippen LogP contribution in [-0.2, 0) is 11.3 Å². The molecule has 5 heteroatoms. The van der Waals surface area contributed by atoms with Crippen molar-refractivity contribution in [2.75, 3.05) is 7.11 Å². The van der Waals surface area contributed by atoms with Gasteiger partial charge in [0.25, 0.3) is 5.91 Å². The molecule has 2 aromatic rings.